The molecule has 1 aromatic heterocycles. The molecular formula is C29H36ClN5O. The van der Waals surface area contributed by atoms with Gasteiger partial charge in [0.25, 0.3) is 0 Å². The third-order valence-electron chi connectivity index (χ3n) is 7.90. The predicted octanol–water partition coefficient (Wildman–Crippen LogP) is 6.27. The maximum absolute atomic E-state index is 12.9. The lowest BCUT2D eigenvalue weighted by Crippen LogP contribution is -2.46. The number of carbonyl (C=O) groups excluding carboxylic acids is 1. The topological polar surface area (TPSA) is 53.4 Å². The molecule has 2 fully saturated rings. The first-order valence-corrected chi connectivity index (χ1v) is 13.5. The van der Waals surface area contributed by atoms with Gasteiger partial charge in [-0.15, -0.1) is 6.58 Å². The number of nitrogens with one attached hydrogen (secondary N) is 1. The molecule has 2 aromatic carbocycles. The lowest BCUT2D eigenvalue weighted by molar-refractivity contribution is 0.107. The highest BCUT2D eigenvalue weighted by atomic mass is 35.5. The SMILES string of the molecule is C=CCNC(=O)N(CCCN1[C@@H]2CC[C@@H]1CC(n1c(C)nc3ccccc31)C2)c1ccc(C)c(Cl)c1. The molecule has 190 valence electrons. The van der Waals surface area contributed by atoms with Crippen LogP contribution in [0.15, 0.2) is 55.1 Å². The van der Waals surface area contributed by atoms with Crippen molar-refractivity contribution in [2.45, 2.75) is 64.1 Å². The molecule has 2 atom stereocenters. The largest absolute Gasteiger partial charge is 0.334 e. The van der Waals surface area contributed by atoms with E-state index in [1.165, 1.54) is 18.4 Å². The van der Waals surface area contributed by atoms with E-state index in [0.29, 0.717) is 36.2 Å². The number of hydrogen-bond acceptors (Lipinski definition) is 3. The van der Waals surface area contributed by atoms with Crippen LogP contribution in [0.3, 0.4) is 0 Å². The van der Waals surface area contributed by atoms with Crippen molar-refractivity contribution < 1.29 is 4.79 Å². The Balaban J connectivity index is 1.25. The Hall–Kier alpha value is -2.83. The van der Waals surface area contributed by atoms with Crippen molar-refractivity contribution in [3.8, 4) is 0 Å². The number of benzene rings is 2. The first kappa shape index (κ1) is 24.8. The number of piperidine rings is 1. The molecule has 2 aliphatic rings. The molecule has 2 saturated heterocycles. The average Bonchev–Trinajstić information content (AvgIpc) is 3.32. The summed E-state index contributed by atoms with van der Waals surface area (Å²) in [5.74, 6) is 1.12. The van der Waals surface area contributed by atoms with Gasteiger partial charge in [0.05, 0.1) is 11.0 Å². The molecule has 6 nitrogen and oxygen atoms in total. The molecule has 2 aliphatic heterocycles. The smallest absolute Gasteiger partial charge is 0.322 e. The molecule has 2 bridgehead atoms. The number of rotatable bonds is 8. The minimum atomic E-state index is -0.112. The Labute approximate surface area is 218 Å². The standard InChI is InChI=1S/C29H36ClN5O/c1-4-14-31-29(36)34(24-11-10-20(2)26(30)19-24)16-7-15-33-22-12-13-23(33)18-25(17-22)35-21(3)32-27-8-5-6-9-28(27)35/h4-6,8-11,19,22-23,25H,1,7,12-18H2,2-3H3,(H,31,36)/t22-,23-/m1/s1. The lowest BCUT2D eigenvalue weighted by atomic mass is 9.96. The quantitative estimate of drug-likeness (QED) is 0.367. The number of aryl methyl sites for hydroxylation is 2. The number of carbonyl (C=O) groups is 1. The van der Waals surface area contributed by atoms with Crippen LogP contribution < -0.4 is 10.2 Å². The van der Waals surface area contributed by atoms with Gasteiger partial charge in [0.1, 0.15) is 5.82 Å². The summed E-state index contributed by atoms with van der Waals surface area (Å²) < 4.78 is 2.48. The van der Waals surface area contributed by atoms with Gasteiger partial charge in [-0.05, 0) is 75.8 Å². The van der Waals surface area contributed by atoms with E-state index in [1.807, 2.05) is 30.0 Å². The van der Waals surface area contributed by atoms with Gasteiger partial charge in [-0.2, -0.15) is 0 Å². The van der Waals surface area contributed by atoms with Crippen molar-refractivity contribution in [3.63, 3.8) is 0 Å². The summed E-state index contributed by atoms with van der Waals surface area (Å²) in [6.45, 7) is 9.91. The Kier molecular flexibility index (Phi) is 7.35. The summed E-state index contributed by atoms with van der Waals surface area (Å²) in [4.78, 5) is 22.3. The number of urea groups is 1. The van der Waals surface area contributed by atoms with E-state index < -0.39 is 0 Å². The first-order chi connectivity index (χ1) is 17.5. The summed E-state index contributed by atoms with van der Waals surface area (Å²) in [5, 5.41) is 3.61. The van der Waals surface area contributed by atoms with Crippen LogP contribution in [0.5, 0.6) is 0 Å². The van der Waals surface area contributed by atoms with Crippen molar-refractivity contribution in [2.24, 2.45) is 0 Å². The van der Waals surface area contributed by atoms with Crippen LogP contribution in [0.1, 0.15) is 49.5 Å². The Bertz CT molecular complexity index is 1240. The van der Waals surface area contributed by atoms with Gasteiger partial charge >= 0.3 is 6.03 Å². The molecule has 3 aromatic rings. The zero-order chi connectivity index (χ0) is 25.2. The van der Waals surface area contributed by atoms with Gasteiger partial charge in [-0.3, -0.25) is 9.80 Å². The summed E-state index contributed by atoms with van der Waals surface area (Å²) >= 11 is 6.38. The average molecular weight is 506 g/mol. The zero-order valence-electron chi connectivity index (χ0n) is 21.3. The molecule has 36 heavy (non-hydrogen) atoms. The minimum absolute atomic E-state index is 0.112. The molecule has 7 heteroatoms. The van der Waals surface area contributed by atoms with E-state index in [2.05, 4.69) is 52.6 Å². The van der Waals surface area contributed by atoms with Crippen LogP contribution in [0.4, 0.5) is 10.5 Å². The van der Waals surface area contributed by atoms with E-state index in [4.69, 9.17) is 16.6 Å². The summed E-state index contributed by atoms with van der Waals surface area (Å²) in [6.07, 6.45) is 7.44. The molecule has 1 N–H and O–H groups in total. The highest BCUT2D eigenvalue weighted by molar-refractivity contribution is 6.31. The van der Waals surface area contributed by atoms with E-state index in [-0.39, 0.29) is 6.03 Å². The maximum atomic E-state index is 12.9. The summed E-state index contributed by atoms with van der Waals surface area (Å²) in [7, 11) is 0. The van der Waals surface area contributed by atoms with Crippen LogP contribution in [-0.4, -0.2) is 52.2 Å². The Morgan fingerprint density at radius 2 is 1.92 bits per heavy atom. The molecule has 0 unspecified atom stereocenters. The molecule has 0 radical (unpaired) electrons. The van der Waals surface area contributed by atoms with Gasteiger partial charge in [-0.1, -0.05) is 35.9 Å². The summed E-state index contributed by atoms with van der Waals surface area (Å²) in [6, 6.07) is 15.9. The van der Waals surface area contributed by atoms with Crippen LogP contribution in [0, 0.1) is 13.8 Å². The molecule has 0 saturated carbocycles. The second-order valence-corrected chi connectivity index (χ2v) is 10.6. The highest BCUT2D eigenvalue weighted by Gasteiger charge is 2.41. The van der Waals surface area contributed by atoms with Gasteiger partial charge in [0.2, 0.25) is 0 Å². The Morgan fingerprint density at radius 1 is 1.17 bits per heavy atom. The lowest BCUT2D eigenvalue weighted by Gasteiger charge is -2.40. The van der Waals surface area contributed by atoms with Crippen molar-refractivity contribution in [2.75, 3.05) is 24.5 Å². The molecule has 0 aliphatic carbocycles. The zero-order valence-corrected chi connectivity index (χ0v) is 22.0. The number of halogens is 1. The highest BCUT2D eigenvalue weighted by Crippen LogP contribution is 2.42. The van der Waals surface area contributed by atoms with Gasteiger partial charge in [0, 0.05) is 48.5 Å². The molecular weight excluding hydrogens is 470 g/mol. The third kappa shape index (κ3) is 4.89. The van der Waals surface area contributed by atoms with Crippen molar-refractivity contribution in [3.05, 3.63) is 71.5 Å². The first-order valence-electron chi connectivity index (χ1n) is 13.1. The summed E-state index contributed by atoms with van der Waals surface area (Å²) in [5.41, 5.74) is 4.19. The number of nitrogens with zero attached hydrogens (tertiary/aromatic N) is 4. The number of fused-ring (bicyclic) bond motifs is 3. The number of anilines is 1. The number of aromatic nitrogens is 2. The van der Waals surface area contributed by atoms with E-state index in [1.54, 1.807) is 6.08 Å². The second-order valence-electron chi connectivity index (χ2n) is 10.2. The minimum Gasteiger partial charge on any atom is -0.334 e. The number of imidazole rings is 1. The van der Waals surface area contributed by atoms with Gasteiger partial charge in [-0.25, -0.2) is 9.78 Å². The van der Waals surface area contributed by atoms with Crippen LogP contribution in [0.2, 0.25) is 5.02 Å². The molecule has 3 heterocycles. The number of para-hydroxylation sites is 2. The van der Waals surface area contributed by atoms with Crippen molar-refractivity contribution in [1.82, 2.24) is 19.8 Å². The molecule has 0 spiro atoms. The second kappa shape index (κ2) is 10.7. The molecule has 5 rings (SSSR count). The number of hydrogen-bond donors (Lipinski definition) is 1. The van der Waals surface area contributed by atoms with E-state index in [0.717, 1.165) is 48.4 Å². The monoisotopic (exact) mass is 505 g/mol. The van der Waals surface area contributed by atoms with Crippen LogP contribution in [-0.2, 0) is 0 Å². The maximum Gasteiger partial charge on any atom is 0.322 e. The van der Waals surface area contributed by atoms with Crippen molar-refractivity contribution in [1.29, 1.82) is 0 Å². The number of amides is 2. The fourth-order valence-corrected chi connectivity index (χ4v) is 6.39. The van der Waals surface area contributed by atoms with E-state index >= 15 is 0 Å². The van der Waals surface area contributed by atoms with Crippen LogP contribution in [0.25, 0.3) is 11.0 Å². The predicted molar refractivity (Wildman–Crippen MR) is 148 cm³/mol. The normalized spacial score (nSPS) is 21.6. The van der Waals surface area contributed by atoms with Gasteiger partial charge in [0.15, 0.2) is 0 Å². The van der Waals surface area contributed by atoms with Crippen LogP contribution >= 0.6 is 11.6 Å². The van der Waals surface area contributed by atoms with Gasteiger partial charge < -0.3 is 9.88 Å². The molecule has 2 amide bonds. The van der Waals surface area contributed by atoms with E-state index in [9.17, 15) is 4.79 Å². The fourth-order valence-electron chi connectivity index (χ4n) is 6.21. The third-order valence-corrected chi connectivity index (χ3v) is 8.31. The fraction of sp³-hybridized carbons (Fsp3) is 0.448. The Morgan fingerprint density at radius 3 is 2.64 bits per heavy atom. The van der Waals surface area contributed by atoms with Crippen molar-refractivity contribution >= 4 is 34.4 Å².